The molecule has 0 spiro atoms. The molecule has 0 saturated carbocycles. The van der Waals surface area contributed by atoms with E-state index in [-0.39, 0.29) is 5.57 Å². The molecule has 0 atom stereocenters. The van der Waals surface area contributed by atoms with Crippen LogP contribution in [0.3, 0.4) is 0 Å². The monoisotopic (exact) mass is 622 g/mol. The van der Waals surface area contributed by atoms with Crippen LogP contribution in [0.1, 0.15) is 11.1 Å². The second-order valence-corrected chi connectivity index (χ2v) is 9.00. The summed E-state index contributed by atoms with van der Waals surface area (Å²) in [5.41, 5.74) is 2.14. The molecule has 0 aromatic heterocycles. The Labute approximate surface area is 213 Å². The summed E-state index contributed by atoms with van der Waals surface area (Å²) in [4.78, 5) is 12.5. The number of ether oxygens (including phenoxy) is 2. The van der Waals surface area contributed by atoms with Crippen molar-refractivity contribution in [3.8, 4) is 17.6 Å². The van der Waals surface area contributed by atoms with Gasteiger partial charge in [-0.3, -0.25) is 4.79 Å². The normalized spacial score (nSPS) is 10.9. The molecule has 32 heavy (non-hydrogen) atoms. The number of nitrogens with one attached hydrogen (secondary N) is 1. The second-order valence-electron chi connectivity index (χ2n) is 6.55. The summed E-state index contributed by atoms with van der Waals surface area (Å²) in [6, 6.07) is 20.0. The van der Waals surface area contributed by atoms with Crippen LogP contribution in [0, 0.1) is 14.9 Å². The summed E-state index contributed by atoms with van der Waals surface area (Å²) in [5, 5.41) is 12.8. The van der Waals surface area contributed by atoms with Crippen molar-refractivity contribution in [1.29, 1.82) is 5.26 Å². The molecule has 0 heterocycles. The lowest BCUT2D eigenvalue weighted by molar-refractivity contribution is -0.112. The molecule has 162 valence electrons. The quantitative estimate of drug-likeness (QED) is 0.178. The Hall–Kier alpha value is -2.54. The maximum Gasteiger partial charge on any atom is 0.266 e. The van der Waals surface area contributed by atoms with Crippen molar-refractivity contribution in [1.82, 2.24) is 0 Å². The van der Waals surface area contributed by atoms with Gasteiger partial charge < -0.3 is 14.8 Å². The first-order valence-electron chi connectivity index (χ1n) is 9.33. The van der Waals surface area contributed by atoms with Crippen LogP contribution in [0.2, 0.25) is 5.02 Å². The van der Waals surface area contributed by atoms with E-state index in [0.29, 0.717) is 34.4 Å². The number of carbonyl (C=O) groups is 1. The summed E-state index contributed by atoms with van der Waals surface area (Å²) in [6.45, 7) is 0.357. The lowest BCUT2D eigenvalue weighted by atomic mass is 10.1. The van der Waals surface area contributed by atoms with Gasteiger partial charge in [0.25, 0.3) is 5.91 Å². The van der Waals surface area contributed by atoms with Gasteiger partial charge in [0.15, 0.2) is 11.5 Å². The van der Waals surface area contributed by atoms with Crippen molar-refractivity contribution in [3.05, 3.63) is 90.4 Å². The molecule has 0 fully saturated rings. The number of nitrogens with zero attached hydrogens (tertiary/aromatic N) is 1. The van der Waals surface area contributed by atoms with E-state index in [2.05, 4.69) is 43.8 Å². The van der Waals surface area contributed by atoms with Crippen LogP contribution in [-0.4, -0.2) is 13.0 Å². The topological polar surface area (TPSA) is 71.3 Å². The molecule has 1 N–H and O–H groups in total. The van der Waals surface area contributed by atoms with Crippen LogP contribution in [-0.2, 0) is 11.4 Å². The first kappa shape index (κ1) is 24.1. The molecule has 0 unspecified atom stereocenters. The number of halogens is 3. The van der Waals surface area contributed by atoms with Crippen LogP contribution in [0.5, 0.6) is 11.5 Å². The number of nitriles is 1. The van der Waals surface area contributed by atoms with Crippen LogP contribution >= 0.6 is 50.1 Å². The van der Waals surface area contributed by atoms with Crippen LogP contribution in [0.15, 0.2) is 70.7 Å². The predicted octanol–water partition coefficient (Wildman–Crippen LogP) is 6.84. The Kier molecular flexibility index (Phi) is 8.56. The molecule has 0 aliphatic carbocycles. The Morgan fingerprint density at radius 2 is 1.94 bits per heavy atom. The zero-order chi connectivity index (χ0) is 23.1. The van der Waals surface area contributed by atoms with E-state index in [0.717, 1.165) is 13.6 Å². The highest BCUT2D eigenvalue weighted by Crippen LogP contribution is 2.35. The van der Waals surface area contributed by atoms with Gasteiger partial charge in [-0.1, -0.05) is 45.7 Å². The van der Waals surface area contributed by atoms with Crippen molar-refractivity contribution in [3.63, 3.8) is 0 Å². The van der Waals surface area contributed by atoms with E-state index in [1.165, 1.54) is 6.08 Å². The smallest absolute Gasteiger partial charge is 0.266 e. The third-order valence-electron chi connectivity index (χ3n) is 4.36. The number of rotatable bonds is 7. The Bertz CT molecular complexity index is 1210. The van der Waals surface area contributed by atoms with Crippen molar-refractivity contribution in [2.24, 2.45) is 0 Å². The van der Waals surface area contributed by atoms with E-state index in [1.54, 1.807) is 37.4 Å². The van der Waals surface area contributed by atoms with Crippen molar-refractivity contribution in [2.75, 3.05) is 12.4 Å². The molecule has 3 aromatic rings. The highest BCUT2D eigenvalue weighted by Gasteiger charge is 2.15. The number of hydrogen-bond donors (Lipinski definition) is 1. The third-order valence-corrected chi connectivity index (χ3v) is 6.19. The fourth-order valence-electron chi connectivity index (χ4n) is 2.78. The van der Waals surface area contributed by atoms with Gasteiger partial charge in [-0.05, 0) is 76.7 Å². The predicted molar refractivity (Wildman–Crippen MR) is 138 cm³/mol. The summed E-state index contributed by atoms with van der Waals surface area (Å²) in [7, 11) is 1.54. The molecule has 8 heteroatoms. The van der Waals surface area contributed by atoms with E-state index in [9.17, 15) is 10.1 Å². The molecule has 3 rings (SSSR count). The molecule has 0 aliphatic rings. The minimum absolute atomic E-state index is 0.0420. The fraction of sp³-hybridized carbons (Fsp3) is 0.0833. The number of hydrogen-bond acceptors (Lipinski definition) is 4. The first-order chi connectivity index (χ1) is 15.4. The standard InChI is InChI=1S/C24H17BrClIN2O3/c1-31-22-12-15(10-17(13-28)24(30)29-19-8-6-18(26)7-9-19)11-21(27)23(22)32-14-16-4-2-3-5-20(16)25/h2-12H,14H2,1H3,(H,29,30)/b17-10+. The maximum absolute atomic E-state index is 12.5. The number of anilines is 1. The van der Waals surface area contributed by atoms with Crippen LogP contribution in [0.4, 0.5) is 5.69 Å². The average Bonchev–Trinajstić information content (AvgIpc) is 2.78. The first-order valence-corrected chi connectivity index (χ1v) is 11.6. The average molecular weight is 624 g/mol. The lowest BCUT2D eigenvalue weighted by Crippen LogP contribution is -2.13. The van der Waals surface area contributed by atoms with E-state index in [1.807, 2.05) is 36.4 Å². The Balaban J connectivity index is 1.82. The summed E-state index contributed by atoms with van der Waals surface area (Å²) < 4.78 is 13.3. The molecule has 0 bridgehead atoms. The highest BCUT2D eigenvalue weighted by molar-refractivity contribution is 14.1. The molecular weight excluding hydrogens is 607 g/mol. The molecule has 0 saturated heterocycles. The summed E-state index contributed by atoms with van der Waals surface area (Å²) in [5.74, 6) is 0.578. The van der Waals surface area contributed by atoms with Crippen molar-refractivity contribution >= 4 is 67.8 Å². The summed E-state index contributed by atoms with van der Waals surface area (Å²) in [6.07, 6.45) is 1.51. The molecule has 3 aromatic carbocycles. The molecular formula is C24H17BrClIN2O3. The minimum Gasteiger partial charge on any atom is -0.493 e. The minimum atomic E-state index is -0.516. The van der Waals surface area contributed by atoms with Crippen LogP contribution in [0.25, 0.3) is 6.08 Å². The van der Waals surface area contributed by atoms with Gasteiger partial charge in [0.05, 0.1) is 10.7 Å². The van der Waals surface area contributed by atoms with Gasteiger partial charge in [-0.25, -0.2) is 0 Å². The number of benzene rings is 3. The van der Waals surface area contributed by atoms with Gasteiger partial charge in [0.1, 0.15) is 18.2 Å². The number of amides is 1. The molecule has 0 aliphatic heterocycles. The van der Waals surface area contributed by atoms with Crippen LogP contribution < -0.4 is 14.8 Å². The highest BCUT2D eigenvalue weighted by atomic mass is 127. The van der Waals surface area contributed by atoms with Gasteiger partial charge in [-0.2, -0.15) is 5.26 Å². The Morgan fingerprint density at radius 1 is 1.22 bits per heavy atom. The van der Waals surface area contributed by atoms with Gasteiger partial charge in [0.2, 0.25) is 0 Å². The van der Waals surface area contributed by atoms with E-state index in [4.69, 9.17) is 21.1 Å². The number of methoxy groups -OCH3 is 1. The van der Waals surface area contributed by atoms with Gasteiger partial charge >= 0.3 is 0 Å². The molecule has 5 nitrogen and oxygen atoms in total. The van der Waals surface area contributed by atoms with E-state index < -0.39 is 5.91 Å². The lowest BCUT2D eigenvalue weighted by Gasteiger charge is -2.14. The molecule has 0 radical (unpaired) electrons. The zero-order valence-electron chi connectivity index (χ0n) is 16.9. The molecule has 1 amide bonds. The fourth-order valence-corrected chi connectivity index (χ4v) is 4.08. The summed E-state index contributed by atoms with van der Waals surface area (Å²) >= 11 is 11.5. The maximum atomic E-state index is 12.5. The van der Waals surface area contributed by atoms with E-state index >= 15 is 0 Å². The SMILES string of the molecule is COc1cc(/C=C(\C#N)C(=O)Nc2ccc(Cl)cc2)cc(I)c1OCc1ccccc1Br. The Morgan fingerprint density at radius 3 is 2.59 bits per heavy atom. The van der Waals surface area contributed by atoms with Gasteiger partial charge in [0, 0.05) is 20.7 Å². The van der Waals surface area contributed by atoms with Crippen molar-refractivity contribution < 1.29 is 14.3 Å². The van der Waals surface area contributed by atoms with Gasteiger partial charge in [-0.15, -0.1) is 0 Å². The largest absolute Gasteiger partial charge is 0.493 e. The third kappa shape index (κ3) is 6.25. The second kappa shape index (κ2) is 11.4. The van der Waals surface area contributed by atoms with Crippen molar-refractivity contribution in [2.45, 2.75) is 6.61 Å². The zero-order valence-corrected chi connectivity index (χ0v) is 21.4. The number of carbonyl (C=O) groups excluding carboxylic acids is 1.